The van der Waals surface area contributed by atoms with E-state index in [1.165, 1.54) is 12.0 Å². The lowest BCUT2D eigenvalue weighted by atomic mass is 10.1. The summed E-state index contributed by atoms with van der Waals surface area (Å²) in [7, 11) is 4.17. The summed E-state index contributed by atoms with van der Waals surface area (Å²) in [6.45, 7) is 7.05. The third kappa shape index (κ3) is 4.31. The first-order valence-electron chi connectivity index (χ1n) is 6.80. The topological polar surface area (TPSA) is 24.5 Å². The molecule has 1 N–H and O–H groups in total. The first kappa shape index (κ1) is 15.0. The van der Waals surface area contributed by atoms with Crippen molar-refractivity contribution in [3.8, 4) is 5.75 Å². The standard InChI is InChI=1S/C15H26N2O/c1-5-11-17(4)12-14(16-3)13-9-7-8-10-15(13)18-6-2/h7-10,14,16H,5-6,11-12H2,1-4H3. The number of ether oxygens (including phenoxy) is 1. The van der Waals surface area contributed by atoms with Crippen LogP contribution in [-0.4, -0.2) is 38.7 Å². The molecule has 0 bridgehead atoms. The van der Waals surface area contributed by atoms with Crippen molar-refractivity contribution < 1.29 is 4.74 Å². The number of nitrogens with one attached hydrogen (secondary N) is 1. The highest BCUT2D eigenvalue weighted by Gasteiger charge is 2.15. The number of para-hydroxylation sites is 1. The Morgan fingerprint density at radius 2 is 2.00 bits per heavy atom. The maximum absolute atomic E-state index is 5.70. The normalized spacial score (nSPS) is 12.7. The van der Waals surface area contributed by atoms with Crippen molar-refractivity contribution in [3.63, 3.8) is 0 Å². The Hall–Kier alpha value is -1.06. The quantitative estimate of drug-likeness (QED) is 0.767. The van der Waals surface area contributed by atoms with Crippen LogP contribution in [0.3, 0.4) is 0 Å². The van der Waals surface area contributed by atoms with E-state index in [9.17, 15) is 0 Å². The Kier molecular flexibility index (Phi) is 6.76. The van der Waals surface area contributed by atoms with Gasteiger partial charge in [-0.2, -0.15) is 0 Å². The summed E-state index contributed by atoms with van der Waals surface area (Å²) in [6.07, 6.45) is 1.18. The number of hydrogen-bond acceptors (Lipinski definition) is 3. The highest BCUT2D eigenvalue weighted by atomic mass is 16.5. The number of rotatable bonds is 8. The minimum absolute atomic E-state index is 0.310. The van der Waals surface area contributed by atoms with Gasteiger partial charge >= 0.3 is 0 Å². The highest BCUT2D eigenvalue weighted by Crippen LogP contribution is 2.25. The molecule has 3 heteroatoms. The molecule has 0 amide bonds. The van der Waals surface area contributed by atoms with Gasteiger partial charge in [0.15, 0.2) is 0 Å². The third-order valence-electron chi connectivity index (χ3n) is 3.04. The number of benzene rings is 1. The van der Waals surface area contributed by atoms with Crippen LogP contribution in [0.5, 0.6) is 5.75 Å². The van der Waals surface area contributed by atoms with Crippen LogP contribution in [0.25, 0.3) is 0 Å². The molecule has 1 rings (SSSR count). The van der Waals surface area contributed by atoms with E-state index >= 15 is 0 Å². The van der Waals surface area contributed by atoms with E-state index in [0.29, 0.717) is 12.6 Å². The number of nitrogens with zero attached hydrogens (tertiary/aromatic N) is 1. The monoisotopic (exact) mass is 250 g/mol. The van der Waals surface area contributed by atoms with Crippen molar-refractivity contribution in [1.29, 1.82) is 0 Å². The van der Waals surface area contributed by atoms with Gasteiger partial charge in [0.25, 0.3) is 0 Å². The van der Waals surface area contributed by atoms with Crippen LogP contribution in [0.2, 0.25) is 0 Å². The Morgan fingerprint density at radius 1 is 1.28 bits per heavy atom. The summed E-state index contributed by atoms with van der Waals surface area (Å²) in [5.41, 5.74) is 1.24. The summed E-state index contributed by atoms with van der Waals surface area (Å²) >= 11 is 0. The lowest BCUT2D eigenvalue weighted by molar-refractivity contribution is 0.287. The molecule has 102 valence electrons. The minimum Gasteiger partial charge on any atom is -0.494 e. The first-order valence-corrected chi connectivity index (χ1v) is 6.80. The van der Waals surface area contributed by atoms with Gasteiger partial charge in [-0.25, -0.2) is 0 Å². The minimum atomic E-state index is 0.310. The second kappa shape index (κ2) is 8.11. The van der Waals surface area contributed by atoms with Gasteiger partial charge in [0.1, 0.15) is 5.75 Å². The molecular formula is C15H26N2O. The fourth-order valence-corrected chi connectivity index (χ4v) is 2.19. The fraction of sp³-hybridized carbons (Fsp3) is 0.600. The highest BCUT2D eigenvalue weighted by molar-refractivity contribution is 5.36. The van der Waals surface area contributed by atoms with E-state index in [2.05, 4.69) is 36.3 Å². The van der Waals surface area contributed by atoms with Gasteiger partial charge in [-0.1, -0.05) is 25.1 Å². The molecule has 0 aliphatic carbocycles. The maximum atomic E-state index is 5.70. The van der Waals surface area contributed by atoms with Gasteiger partial charge in [0.2, 0.25) is 0 Å². The molecule has 18 heavy (non-hydrogen) atoms. The molecule has 0 aliphatic heterocycles. The van der Waals surface area contributed by atoms with E-state index < -0.39 is 0 Å². The second-order valence-electron chi connectivity index (χ2n) is 4.57. The smallest absolute Gasteiger partial charge is 0.124 e. The predicted molar refractivity (Wildman–Crippen MR) is 77.2 cm³/mol. The summed E-state index contributed by atoms with van der Waals surface area (Å²) in [5, 5.41) is 3.38. The van der Waals surface area contributed by atoms with Crippen molar-refractivity contribution in [2.45, 2.75) is 26.3 Å². The van der Waals surface area contributed by atoms with Crippen LogP contribution in [0.1, 0.15) is 31.9 Å². The van der Waals surface area contributed by atoms with E-state index in [0.717, 1.165) is 18.8 Å². The van der Waals surface area contributed by atoms with Crippen molar-refractivity contribution in [2.24, 2.45) is 0 Å². The van der Waals surface area contributed by atoms with Crippen LogP contribution >= 0.6 is 0 Å². The Labute approximate surface area is 111 Å². The first-order chi connectivity index (χ1) is 8.72. The molecule has 0 saturated carbocycles. The lowest BCUT2D eigenvalue weighted by Gasteiger charge is -2.25. The van der Waals surface area contributed by atoms with Crippen molar-refractivity contribution in [3.05, 3.63) is 29.8 Å². The average molecular weight is 250 g/mol. The van der Waals surface area contributed by atoms with E-state index in [1.54, 1.807) is 0 Å². The fourth-order valence-electron chi connectivity index (χ4n) is 2.19. The molecule has 1 unspecified atom stereocenters. The SMILES string of the molecule is CCCN(C)CC(NC)c1ccccc1OCC. The number of hydrogen-bond donors (Lipinski definition) is 1. The van der Waals surface area contributed by atoms with Crippen LogP contribution in [0, 0.1) is 0 Å². The summed E-state index contributed by atoms with van der Waals surface area (Å²) in [5.74, 6) is 0.990. The van der Waals surface area contributed by atoms with E-state index in [1.807, 2.05) is 26.1 Å². The second-order valence-corrected chi connectivity index (χ2v) is 4.57. The molecule has 1 aromatic carbocycles. The van der Waals surface area contributed by atoms with Gasteiger partial charge < -0.3 is 15.0 Å². The maximum Gasteiger partial charge on any atom is 0.124 e. The molecule has 3 nitrogen and oxygen atoms in total. The largest absolute Gasteiger partial charge is 0.494 e. The molecule has 1 aromatic rings. The van der Waals surface area contributed by atoms with Crippen LogP contribution in [0.4, 0.5) is 0 Å². The van der Waals surface area contributed by atoms with Gasteiger partial charge in [0, 0.05) is 18.2 Å². The molecule has 0 aromatic heterocycles. The lowest BCUT2D eigenvalue weighted by Crippen LogP contribution is -2.32. The Morgan fingerprint density at radius 3 is 2.61 bits per heavy atom. The zero-order valence-electron chi connectivity index (χ0n) is 12.1. The van der Waals surface area contributed by atoms with Crippen LogP contribution < -0.4 is 10.1 Å². The Bertz CT molecular complexity index is 341. The van der Waals surface area contributed by atoms with Crippen LogP contribution in [0.15, 0.2) is 24.3 Å². The van der Waals surface area contributed by atoms with Gasteiger partial charge in [-0.05, 0) is 40.1 Å². The summed E-state index contributed by atoms with van der Waals surface area (Å²) in [6, 6.07) is 8.60. The molecule has 0 radical (unpaired) electrons. The zero-order chi connectivity index (χ0) is 13.4. The van der Waals surface area contributed by atoms with E-state index in [-0.39, 0.29) is 0 Å². The third-order valence-corrected chi connectivity index (χ3v) is 3.04. The van der Waals surface area contributed by atoms with Crippen molar-refractivity contribution >= 4 is 0 Å². The molecule has 0 heterocycles. The van der Waals surface area contributed by atoms with Crippen molar-refractivity contribution in [2.75, 3.05) is 33.8 Å². The molecular weight excluding hydrogens is 224 g/mol. The molecule has 0 aliphatic rings. The van der Waals surface area contributed by atoms with Gasteiger partial charge in [-0.3, -0.25) is 0 Å². The van der Waals surface area contributed by atoms with Gasteiger partial charge in [0.05, 0.1) is 6.61 Å². The number of likely N-dealkylation sites (N-methyl/N-ethyl adjacent to an activating group) is 2. The molecule has 1 atom stereocenters. The van der Waals surface area contributed by atoms with Gasteiger partial charge in [-0.15, -0.1) is 0 Å². The summed E-state index contributed by atoms with van der Waals surface area (Å²) < 4.78 is 5.70. The molecule has 0 saturated heterocycles. The van der Waals surface area contributed by atoms with Crippen LogP contribution in [-0.2, 0) is 0 Å². The zero-order valence-corrected chi connectivity index (χ0v) is 12.1. The van der Waals surface area contributed by atoms with Crippen molar-refractivity contribution in [1.82, 2.24) is 10.2 Å². The predicted octanol–water partition coefficient (Wildman–Crippen LogP) is 2.69. The average Bonchev–Trinajstić information content (AvgIpc) is 2.37. The summed E-state index contributed by atoms with van der Waals surface area (Å²) in [4.78, 5) is 2.35. The van der Waals surface area contributed by atoms with E-state index in [4.69, 9.17) is 4.74 Å². The Balaban J connectivity index is 2.80. The molecule has 0 spiro atoms. The molecule has 0 fully saturated rings.